The quantitative estimate of drug-likeness (QED) is 0.661. The number of nitrogen functional groups attached to an aromatic ring is 1. The second kappa shape index (κ2) is 4.55. The van der Waals surface area contributed by atoms with Gasteiger partial charge in [0.15, 0.2) is 0 Å². The lowest BCUT2D eigenvalue weighted by Crippen LogP contribution is -1.94. The van der Waals surface area contributed by atoms with Crippen LogP contribution in [0.3, 0.4) is 0 Å². The van der Waals surface area contributed by atoms with E-state index in [0.717, 1.165) is 5.76 Å². The molecule has 2 N–H and O–H groups in total. The molecule has 15 heavy (non-hydrogen) atoms. The molecule has 0 aliphatic heterocycles. The highest BCUT2D eigenvalue weighted by molar-refractivity contribution is 7.98. The second-order valence-corrected chi connectivity index (χ2v) is 4.09. The predicted octanol–water partition coefficient (Wildman–Crippen LogP) is 2.60. The molecule has 0 saturated carbocycles. The lowest BCUT2D eigenvalue weighted by Gasteiger charge is -2.02. The van der Waals surface area contributed by atoms with E-state index in [1.807, 2.05) is 12.1 Å². The maximum atomic E-state index is 5.93. The Morgan fingerprint density at radius 2 is 2.33 bits per heavy atom. The molecule has 0 fully saturated rings. The number of rotatable bonds is 3. The van der Waals surface area contributed by atoms with Gasteiger partial charge in [-0.15, -0.1) is 0 Å². The summed E-state index contributed by atoms with van der Waals surface area (Å²) in [5.41, 5.74) is 5.55. The Labute approximate surface area is 95.9 Å². The van der Waals surface area contributed by atoms with Gasteiger partial charge in [-0.05, 0) is 12.1 Å². The van der Waals surface area contributed by atoms with Crippen LogP contribution in [0.4, 0.5) is 5.82 Å². The average molecular weight is 242 g/mol. The first kappa shape index (κ1) is 10.3. The van der Waals surface area contributed by atoms with Crippen LogP contribution < -0.4 is 5.73 Å². The van der Waals surface area contributed by atoms with Gasteiger partial charge >= 0.3 is 0 Å². The van der Waals surface area contributed by atoms with Gasteiger partial charge in [0.2, 0.25) is 0 Å². The molecule has 0 bridgehead atoms. The minimum atomic E-state index is 0.300. The van der Waals surface area contributed by atoms with Gasteiger partial charge in [-0.3, -0.25) is 0 Å². The molecule has 2 aromatic rings. The minimum absolute atomic E-state index is 0.300. The van der Waals surface area contributed by atoms with Crippen molar-refractivity contribution in [2.45, 2.75) is 10.8 Å². The standard InChI is InChI=1S/C9H8ClN3OS/c10-7-8(11)12-5-13-9(7)15-4-6-2-1-3-14-6/h1-3,5H,4H2,(H2,11,12,13). The van der Waals surface area contributed by atoms with Crippen LogP contribution in [-0.4, -0.2) is 9.97 Å². The molecule has 78 valence electrons. The normalized spacial score (nSPS) is 10.5. The van der Waals surface area contributed by atoms with Crippen molar-refractivity contribution in [3.8, 4) is 0 Å². The van der Waals surface area contributed by atoms with E-state index in [0.29, 0.717) is 21.6 Å². The third-order valence-corrected chi connectivity index (χ3v) is 3.21. The zero-order valence-corrected chi connectivity index (χ0v) is 9.26. The first-order chi connectivity index (χ1) is 7.27. The summed E-state index contributed by atoms with van der Waals surface area (Å²) in [5.74, 6) is 1.84. The molecule has 0 atom stereocenters. The van der Waals surface area contributed by atoms with Crippen molar-refractivity contribution < 1.29 is 4.42 Å². The fourth-order valence-corrected chi connectivity index (χ4v) is 2.06. The number of anilines is 1. The molecule has 0 aromatic carbocycles. The second-order valence-electron chi connectivity index (χ2n) is 2.75. The largest absolute Gasteiger partial charge is 0.468 e. The Balaban J connectivity index is 2.08. The molecule has 0 aliphatic carbocycles. The first-order valence-corrected chi connectivity index (χ1v) is 5.55. The summed E-state index contributed by atoms with van der Waals surface area (Å²) in [4.78, 5) is 7.82. The van der Waals surface area contributed by atoms with E-state index in [4.69, 9.17) is 21.8 Å². The number of thioether (sulfide) groups is 1. The number of nitrogens with zero attached hydrogens (tertiary/aromatic N) is 2. The molecular weight excluding hydrogens is 234 g/mol. The van der Waals surface area contributed by atoms with Crippen LogP contribution in [0.15, 0.2) is 34.2 Å². The number of halogens is 1. The van der Waals surface area contributed by atoms with Gasteiger partial charge in [0.05, 0.1) is 12.0 Å². The van der Waals surface area contributed by atoms with Gasteiger partial charge < -0.3 is 10.2 Å². The summed E-state index contributed by atoms with van der Waals surface area (Å²) in [6, 6.07) is 3.73. The zero-order chi connectivity index (χ0) is 10.7. The van der Waals surface area contributed by atoms with Crippen LogP contribution in [0, 0.1) is 0 Å². The molecule has 0 unspecified atom stereocenters. The van der Waals surface area contributed by atoms with Crippen molar-refractivity contribution in [2.75, 3.05) is 5.73 Å². The van der Waals surface area contributed by atoms with E-state index in [2.05, 4.69) is 9.97 Å². The minimum Gasteiger partial charge on any atom is -0.468 e. The van der Waals surface area contributed by atoms with Crippen molar-refractivity contribution in [1.29, 1.82) is 0 Å². The molecule has 6 heteroatoms. The topological polar surface area (TPSA) is 64.9 Å². The van der Waals surface area contributed by atoms with Crippen LogP contribution in [-0.2, 0) is 5.75 Å². The Hall–Kier alpha value is -1.20. The highest BCUT2D eigenvalue weighted by Gasteiger charge is 2.07. The van der Waals surface area contributed by atoms with E-state index in [1.54, 1.807) is 6.26 Å². The Bertz CT molecular complexity index is 447. The summed E-state index contributed by atoms with van der Waals surface area (Å²) in [6.07, 6.45) is 3.03. The third kappa shape index (κ3) is 2.43. The van der Waals surface area contributed by atoms with Crippen LogP contribution in [0.1, 0.15) is 5.76 Å². The SMILES string of the molecule is Nc1ncnc(SCc2ccco2)c1Cl. The summed E-state index contributed by atoms with van der Waals surface area (Å²) in [6.45, 7) is 0. The molecule has 0 amide bonds. The number of hydrogen-bond donors (Lipinski definition) is 1. The number of aromatic nitrogens is 2. The molecule has 0 radical (unpaired) electrons. The summed E-state index contributed by atoms with van der Waals surface area (Å²) >= 11 is 7.39. The Morgan fingerprint density at radius 3 is 3.07 bits per heavy atom. The molecule has 2 heterocycles. The number of nitrogens with two attached hydrogens (primary N) is 1. The van der Waals surface area contributed by atoms with Crippen molar-refractivity contribution in [2.24, 2.45) is 0 Å². The summed E-state index contributed by atoms with van der Waals surface area (Å²) in [7, 11) is 0. The van der Waals surface area contributed by atoms with E-state index >= 15 is 0 Å². The van der Waals surface area contributed by atoms with Gasteiger partial charge in [0, 0.05) is 0 Å². The molecule has 2 rings (SSSR count). The smallest absolute Gasteiger partial charge is 0.146 e. The average Bonchev–Trinajstić information content (AvgIpc) is 2.73. The van der Waals surface area contributed by atoms with Gasteiger partial charge in [-0.1, -0.05) is 23.4 Å². The van der Waals surface area contributed by atoms with Gasteiger partial charge in [0.25, 0.3) is 0 Å². The lowest BCUT2D eigenvalue weighted by molar-refractivity contribution is 0.530. The lowest BCUT2D eigenvalue weighted by atomic mass is 10.5. The van der Waals surface area contributed by atoms with E-state index < -0.39 is 0 Å². The van der Waals surface area contributed by atoms with Crippen LogP contribution >= 0.6 is 23.4 Å². The van der Waals surface area contributed by atoms with Crippen molar-refractivity contribution >= 4 is 29.2 Å². The van der Waals surface area contributed by atoms with Crippen LogP contribution in [0.5, 0.6) is 0 Å². The van der Waals surface area contributed by atoms with Crippen molar-refractivity contribution in [1.82, 2.24) is 9.97 Å². The molecule has 0 aliphatic rings. The highest BCUT2D eigenvalue weighted by atomic mass is 35.5. The van der Waals surface area contributed by atoms with E-state index in [9.17, 15) is 0 Å². The van der Waals surface area contributed by atoms with E-state index in [1.165, 1.54) is 18.1 Å². The highest BCUT2D eigenvalue weighted by Crippen LogP contribution is 2.30. The molecular formula is C9H8ClN3OS. The fraction of sp³-hybridized carbons (Fsp3) is 0.111. The van der Waals surface area contributed by atoms with Crippen LogP contribution in [0.25, 0.3) is 0 Å². The van der Waals surface area contributed by atoms with Crippen molar-refractivity contribution in [3.05, 3.63) is 35.5 Å². The summed E-state index contributed by atoms with van der Waals surface area (Å²) in [5, 5.41) is 1.06. The predicted molar refractivity (Wildman–Crippen MR) is 59.7 cm³/mol. The maximum absolute atomic E-state index is 5.93. The molecule has 2 aromatic heterocycles. The monoisotopic (exact) mass is 241 g/mol. The molecule has 0 spiro atoms. The van der Waals surface area contributed by atoms with Crippen LogP contribution in [0.2, 0.25) is 5.02 Å². The maximum Gasteiger partial charge on any atom is 0.146 e. The summed E-state index contributed by atoms with van der Waals surface area (Å²) < 4.78 is 5.19. The molecule has 0 saturated heterocycles. The van der Waals surface area contributed by atoms with Gasteiger partial charge in [-0.2, -0.15) is 0 Å². The van der Waals surface area contributed by atoms with Gasteiger partial charge in [-0.25, -0.2) is 9.97 Å². The first-order valence-electron chi connectivity index (χ1n) is 4.18. The van der Waals surface area contributed by atoms with Crippen molar-refractivity contribution in [3.63, 3.8) is 0 Å². The van der Waals surface area contributed by atoms with Gasteiger partial charge in [0.1, 0.15) is 28.0 Å². The zero-order valence-electron chi connectivity index (χ0n) is 7.68. The number of hydrogen-bond acceptors (Lipinski definition) is 5. The number of furan rings is 1. The fourth-order valence-electron chi connectivity index (χ4n) is 1.00. The third-order valence-electron chi connectivity index (χ3n) is 1.72. The Morgan fingerprint density at radius 1 is 1.47 bits per heavy atom. The Kier molecular flexibility index (Phi) is 3.13. The van der Waals surface area contributed by atoms with E-state index in [-0.39, 0.29) is 0 Å². The molecule has 4 nitrogen and oxygen atoms in total.